The van der Waals surface area contributed by atoms with Crippen LogP contribution in [-0.4, -0.2) is 34.8 Å². The van der Waals surface area contributed by atoms with Crippen molar-refractivity contribution < 1.29 is 9.59 Å². The van der Waals surface area contributed by atoms with Gasteiger partial charge in [-0.05, 0) is 37.1 Å². The number of fused-ring (bicyclic) bond motifs is 1. The second-order valence-electron chi connectivity index (χ2n) is 7.76. The number of pyridine rings is 1. The van der Waals surface area contributed by atoms with Crippen LogP contribution < -0.4 is 5.32 Å². The summed E-state index contributed by atoms with van der Waals surface area (Å²) in [5, 5.41) is 3.75. The summed E-state index contributed by atoms with van der Waals surface area (Å²) in [6.07, 6.45) is 4.94. The van der Waals surface area contributed by atoms with Crippen molar-refractivity contribution in [1.29, 1.82) is 0 Å². The van der Waals surface area contributed by atoms with Crippen LogP contribution in [0.5, 0.6) is 0 Å². The molecule has 1 aromatic heterocycles. The predicted molar refractivity (Wildman–Crippen MR) is 120 cm³/mol. The number of anilines is 1. The van der Waals surface area contributed by atoms with Crippen LogP contribution in [0.2, 0.25) is 0 Å². The Balaban J connectivity index is 1.71. The van der Waals surface area contributed by atoms with E-state index in [1.807, 2.05) is 66.4 Å². The number of hydrogen-bond acceptors (Lipinski definition) is 3. The molecular weight excluding hydrogens is 374 g/mol. The number of carbonyl (C=O) groups excluding carboxylic acids is 2. The zero-order valence-corrected chi connectivity index (χ0v) is 17.4. The van der Waals surface area contributed by atoms with E-state index in [1.165, 1.54) is 12.8 Å². The van der Waals surface area contributed by atoms with E-state index in [-0.39, 0.29) is 11.8 Å². The monoisotopic (exact) mass is 401 g/mol. The molecule has 5 heteroatoms. The lowest BCUT2D eigenvalue weighted by Gasteiger charge is -2.21. The minimum Gasteiger partial charge on any atom is -0.339 e. The van der Waals surface area contributed by atoms with E-state index >= 15 is 0 Å². The Morgan fingerprint density at radius 1 is 0.967 bits per heavy atom. The quantitative estimate of drug-likeness (QED) is 0.648. The highest BCUT2D eigenvalue weighted by Gasteiger charge is 2.21. The van der Waals surface area contributed by atoms with Crippen LogP contribution >= 0.6 is 0 Å². The molecule has 1 fully saturated rings. The van der Waals surface area contributed by atoms with Crippen molar-refractivity contribution in [3.05, 3.63) is 60.2 Å². The molecule has 1 aliphatic heterocycles. The van der Waals surface area contributed by atoms with E-state index in [0.29, 0.717) is 12.0 Å². The van der Waals surface area contributed by atoms with E-state index in [0.717, 1.165) is 53.8 Å². The number of nitrogens with one attached hydrogen (secondary N) is 1. The average molecular weight is 402 g/mol. The number of carbonyl (C=O) groups is 2. The summed E-state index contributed by atoms with van der Waals surface area (Å²) in [6, 6.07) is 17.3. The van der Waals surface area contributed by atoms with Gasteiger partial charge in [0.05, 0.1) is 16.8 Å². The second-order valence-corrected chi connectivity index (χ2v) is 7.76. The molecule has 4 rings (SSSR count). The van der Waals surface area contributed by atoms with Gasteiger partial charge in [-0.15, -0.1) is 0 Å². The molecule has 30 heavy (non-hydrogen) atoms. The Morgan fingerprint density at radius 3 is 2.37 bits per heavy atom. The van der Waals surface area contributed by atoms with Crippen LogP contribution in [0.1, 0.15) is 49.4 Å². The van der Waals surface area contributed by atoms with Gasteiger partial charge in [0.2, 0.25) is 5.91 Å². The average Bonchev–Trinajstić information content (AvgIpc) is 3.08. The minimum atomic E-state index is -0.0167. The maximum atomic E-state index is 13.4. The molecule has 2 amide bonds. The number of benzene rings is 2. The lowest BCUT2D eigenvalue weighted by atomic mass is 10.0. The molecule has 0 saturated carbocycles. The summed E-state index contributed by atoms with van der Waals surface area (Å²) in [7, 11) is 0. The van der Waals surface area contributed by atoms with Crippen molar-refractivity contribution in [2.75, 3.05) is 18.4 Å². The topological polar surface area (TPSA) is 62.3 Å². The normalized spacial score (nSPS) is 14.4. The number of likely N-dealkylation sites (tertiary alicyclic amines) is 1. The van der Waals surface area contributed by atoms with Crippen LogP contribution in [0, 0.1) is 0 Å². The van der Waals surface area contributed by atoms with E-state index in [4.69, 9.17) is 4.98 Å². The van der Waals surface area contributed by atoms with Crippen molar-refractivity contribution in [2.24, 2.45) is 0 Å². The number of rotatable bonds is 4. The van der Waals surface area contributed by atoms with Crippen molar-refractivity contribution in [3.63, 3.8) is 0 Å². The molecule has 1 N–H and O–H groups in total. The molecular formula is C25H27N3O2. The molecule has 0 unspecified atom stereocenters. The molecule has 0 aliphatic carbocycles. The zero-order valence-electron chi connectivity index (χ0n) is 17.4. The Kier molecular flexibility index (Phi) is 6.07. The number of nitrogens with zero attached hydrogens (tertiary/aromatic N) is 2. The number of aromatic nitrogens is 1. The second kappa shape index (κ2) is 9.08. The highest BCUT2D eigenvalue weighted by molar-refractivity contribution is 6.07. The van der Waals surface area contributed by atoms with Gasteiger partial charge in [-0.1, -0.05) is 50.1 Å². The van der Waals surface area contributed by atoms with Crippen LogP contribution in [0.15, 0.2) is 54.6 Å². The van der Waals surface area contributed by atoms with Crippen LogP contribution in [0.25, 0.3) is 22.2 Å². The van der Waals surface area contributed by atoms with Crippen molar-refractivity contribution in [1.82, 2.24) is 9.88 Å². The zero-order chi connectivity index (χ0) is 20.9. The van der Waals surface area contributed by atoms with Crippen molar-refractivity contribution in [2.45, 2.75) is 39.0 Å². The fourth-order valence-corrected chi connectivity index (χ4v) is 3.92. The van der Waals surface area contributed by atoms with Gasteiger partial charge in [0.1, 0.15) is 0 Å². The third kappa shape index (κ3) is 4.35. The smallest absolute Gasteiger partial charge is 0.254 e. The van der Waals surface area contributed by atoms with Crippen molar-refractivity contribution >= 4 is 28.4 Å². The van der Waals surface area contributed by atoms with Gasteiger partial charge in [0.15, 0.2) is 0 Å². The molecule has 154 valence electrons. The number of para-hydroxylation sites is 1. The molecule has 5 nitrogen and oxygen atoms in total. The maximum absolute atomic E-state index is 13.4. The molecule has 2 heterocycles. The molecule has 0 bridgehead atoms. The van der Waals surface area contributed by atoms with Crippen LogP contribution in [0.3, 0.4) is 0 Å². The largest absolute Gasteiger partial charge is 0.339 e. The maximum Gasteiger partial charge on any atom is 0.254 e. The Morgan fingerprint density at radius 2 is 1.67 bits per heavy atom. The minimum absolute atomic E-state index is 0.0167. The van der Waals surface area contributed by atoms with Gasteiger partial charge < -0.3 is 10.2 Å². The van der Waals surface area contributed by atoms with Crippen LogP contribution in [0.4, 0.5) is 5.69 Å². The fraction of sp³-hybridized carbons (Fsp3) is 0.320. The SMILES string of the molecule is CCC(=O)Nc1ccc(-c2cc(C(=O)N3CCCCCC3)c3ccccc3n2)cc1. The first-order valence-corrected chi connectivity index (χ1v) is 10.7. The van der Waals surface area contributed by atoms with Gasteiger partial charge in [-0.2, -0.15) is 0 Å². The van der Waals surface area contributed by atoms with E-state index in [2.05, 4.69) is 5.32 Å². The lowest BCUT2D eigenvalue weighted by molar-refractivity contribution is -0.115. The summed E-state index contributed by atoms with van der Waals surface area (Å²) >= 11 is 0. The van der Waals surface area contributed by atoms with E-state index in [1.54, 1.807) is 0 Å². The standard InChI is InChI=1S/C25H27N3O2/c1-2-24(29)26-19-13-11-18(12-14-19)23-17-21(20-9-5-6-10-22(20)27-23)25(30)28-15-7-3-4-8-16-28/h5-6,9-14,17H,2-4,7-8,15-16H2,1H3,(H,26,29). The number of hydrogen-bond donors (Lipinski definition) is 1. The summed E-state index contributed by atoms with van der Waals surface area (Å²) in [5.41, 5.74) is 3.96. The number of amides is 2. The van der Waals surface area contributed by atoms with Crippen LogP contribution in [-0.2, 0) is 4.79 Å². The van der Waals surface area contributed by atoms with Crippen molar-refractivity contribution in [3.8, 4) is 11.3 Å². The van der Waals surface area contributed by atoms with Gasteiger partial charge in [-0.25, -0.2) is 4.98 Å². The Bertz CT molecular complexity index is 1050. The molecule has 1 saturated heterocycles. The first-order chi connectivity index (χ1) is 14.7. The summed E-state index contributed by atoms with van der Waals surface area (Å²) < 4.78 is 0. The Labute approximate surface area is 177 Å². The molecule has 2 aromatic carbocycles. The third-order valence-electron chi connectivity index (χ3n) is 5.63. The van der Waals surface area contributed by atoms with Gasteiger partial charge in [0, 0.05) is 36.1 Å². The predicted octanol–water partition coefficient (Wildman–Crippen LogP) is 5.27. The first-order valence-electron chi connectivity index (χ1n) is 10.7. The molecule has 1 aliphatic rings. The first kappa shape index (κ1) is 20.1. The van der Waals surface area contributed by atoms with E-state index in [9.17, 15) is 9.59 Å². The van der Waals surface area contributed by atoms with Gasteiger partial charge in [0.25, 0.3) is 5.91 Å². The molecule has 0 atom stereocenters. The highest BCUT2D eigenvalue weighted by atomic mass is 16.2. The highest BCUT2D eigenvalue weighted by Crippen LogP contribution is 2.27. The van der Waals surface area contributed by atoms with Gasteiger partial charge in [-0.3, -0.25) is 9.59 Å². The third-order valence-corrected chi connectivity index (χ3v) is 5.63. The summed E-state index contributed by atoms with van der Waals surface area (Å²) in [4.78, 5) is 31.8. The lowest BCUT2D eigenvalue weighted by Crippen LogP contribution is -2.32. The molecule has 3 aromatic rings. The molecule has 0 spiro atoms. The van der Waals surface area contributed by atoms with E-state index < -0.39 is 0 Å². The fourth-order valence-electron chi connectivity index (χ4n) is 3.92. The van der Waals surface area contributed by atoms with Gasteiger partial charge >= 0.3 is 0 Å². The summed E-state index contributed by atoms with van der Waals surface area (Å²) in [5.74, 6) is 0.0699. The summed E-state index contributed by atoms with van der Waals surface area (Å²) in [6.45, 7) is 3.46. The Hall–Kier alpha value is -3.21. The molecule has 0 radical (unpaired) electrons.